The second-order valence-corrected chi connectivity index (χ2v) is 7.66. The summed E-state index contributed by atoms with van der Waals surface area (Å²) in [6, 6.07) is 10.4. The van der Waals surface area contributed by atoms with Gasteiger partial charge in [-0.1, -0.05) is 18.6 Å². The Morgan fingerprint density at radius 2 is 2.04 bits per heavy atom. The van der Waals surface area contributed by atoms with Crippen molar-refractivity contribution in [2.45, 2.75) is 44.9 Å². The highest BCUT2D eigenvalue weighted by Crippen LogP contribution is 2.27. The number of methoxy groups -OCH3 is 1. The van der Waals surface area contributed by atoms with E-state index in [0.717, 1.165) is 25.3 Å². The number of para-hydroxylation sites is 2. The van der Waals surface area contributed by atoms with Gasteiger partial charge in [-0.2, -0.15) is 5.10 Å². The van der Waals surface area contributed by atoms with Crippen LogP contribution in [0, 0.1) is 0 Å². The molecule has 0 spiro atoms. The summed E-state index contributed by atoms with van der Waals surface area (Å²) < 4.78 is 11.1. The van der Waals surface area contributed by atoms with Crippen LogP contribution in [0.15, 0.2) is 30.3 Å². The van der Waals surface area contributed by atoms with Crippen molar-refractivity contribution in [1.29, 1.82) is 0 Å². The van der Waals surface area contributed by atoms with Crippen LogP contribution in [0.2, 0.25) is 0 Å². The van der Waals surface area contributed by atoms with E-state index >= 15 is 0 Å². The maximum absolute atomic E-state index is 12.7. The van der Waals surface area contributed by atoms with Gasteiger partial charge in [-0.3, -0.25) is 14.8 Å². The molecule has 7 heteroatoms. The zero-order chi connectivity index (χ0) is 19.5. The smallest absolute Gasteiger partial charge is 0.274 e. The number of nitrogens with one attached hydrogen (secondary N) is 1. The normalized spacial score (nSPS) is 20.6. The molecule has 2 aliphatic heterocycles. The molecule has 0 aliphatic carbocycles. The number of amides is 1. The average molecular weight is 384 g/mol. The van der Waals surface area contributed by atoms with Crippen LogP contribution in [0.1, 0.15) is 42.4 Å². The highest BCUT2D eigenvalue weighted by Gasteiger charge is 2.38. The number of likely N-dealkylation sites (tertiary alicyclic amines) is 2. The van der Waals surface area contributed by atoms with Crippen LogP contribution in [-0.4, -0.2) is 64.7 Å². The molecule has 7 nitrogen and oxygen atoms in total. The van der Waals surface area contributed by atoms with Crippen molar-refractivity contribution >= 4 is 5.91 Å². The quantitative estimate of drug-likeness (QED) is 0.829. The number of benzene rings is 1. The van der Waals surface area contributed by atoms with Gasteiger partial charge in [0, 0.05) is 25.2 Å². The first-order valence-corrected chi connectivity index (χ1v) is 10.0. The standard InChI is InChI=1S/C21H28N4O3/c1-15-7-5-6-10-25(15)17-12-24(13-17)21(26)18-11-16(22-23-18)14-28-20-9-4-3-8-19(20)27-2/h3-4,8-9,11,15,17H,5-7,10,12-14H2,1-2H3,(H,22,23)/t15-/m0/s1. The van der Waals surface area contributed by atoms with Gasteiger partial charge in [-0.05, 0) is 44.5 Å². The zero-order valence-electron chi connectivity index (χ0n) is 16.6. The molecule has 1 aromatic heterocycles. The molecule has 2 aliphatic rings. The molecule has 0 bridgehead atoms. The molecule has 1 N–H and O–H groups in total. The van der Waals surface area contributed by atoms with E-state index < -0.39 is 0 Å². The first kappa shape index (κ1) is 18.8. The van der Waals surface area contributed by atoms with Crippen molar-refractivity contribution in [1.82, 2.24) is 20.0 Å². The third kappa shape index (κ3) is 3.85. The Morgan fingerprint density at radius 1 is 1.25 bits per heavy atom. The molecule has 4 rings (SSSR count). The molecule has 28 heavy (non-hydrogen) atoms. The Kier molecular flexibility index (Phi) is 5.52. The molecular formula is C21H28N4O3. The lowest BCUT2D eigenvalue weighted by Gasteiger charge is -2.49. The van der Waals surface area contributed by atoms with E-state index in [1.54, 1.807) is 13.2 Å². The molecule has 150 valence electrons. The number of hydrogen-bond donors (Lipinski definition) is 1. The molecule has 0 saturated carbocycles. The van der Waals surface area contributed by atoms with Gasteiger partial charge in [0.05, 0.1) is 12.8 Å². The fourth-order valence-corrected chi connectivity index (χ4v) is 4.09. The maximum Gasteiger partial charge on any atom is 0.274 e. The highest BCUT2D eigenvalue weighted by molar-refractivity contribution is 5.93. The van der Waals surface area contributed by atoms with Crippen molar-refractivity contribution in [2.75, 3.05) is 26.7 Å². The van der Waals surface area contributed by atoms with Crippen LogP contribution in [0.5, 0.6) is 11.5 Å². The molecule has 2 fully saturated rings. The highest BCUT2D eigenvalue weighted by atomic mass is 16.5. The van der Waals surface area contributed by atoms with Crippen molar-refractivity contribution in [3.05, 3.63) is 41.7 Å². The molecule has 0 unspecified atom stereocenters. The van der Waals surface area contributed by atoms with Crippen LogP contribution in [0.25, 0.3) is 0 Å². The van der Waals surface area contributed by atoms with Crippen LogP contribution in [-0.2, 0) is 6.61 Å². The summed E-state index contributed by atoms with van der Waals surface area (Å²) in [6.45, 7) is 5.34. The molecule has 2 aromatic rings. The fourth-order valence-electron chi connectivity index (χ4n) is 4.09. The van der Waals surface area contributed by atoms with Gasteiger partial charge in [0.2, 0.25) is 0 Å². The first-order valence-electron chi connectivity index (χ1n) is 10.0. The van der Waals surface area contributed by atoms with E-state index in [-0.39, 0.29) is 5.91 Å². The van der Waals surface area contributed by atoms with E-state index in [9.17, 15) is 4.79 Å². The number of carbonyl (C=O) groups is 1. The van der Waals surface area contributed by atoms with E-state index in [1.165, 1.54) is 19.3 Å². The predicted octanol–water partition coefficient (Wildman–Crippen LogP) is 2.70. The lowest BCUT2D eigenvalue weighted by molar-refractivity contribution is 0.00181. The zero-order valence-corrected chi connectivity index (χ0v) is 16.6. The largest absolute Gasteiger partial charge is 0.493 e. The summed E-state index contributed by atoms with van der Waals surface area (Å²) in [5.41, 5.74) is 1.21. The SMILES string of the molecule is COc1ccccc1OCc1cc(C(=O)N2CC(N3CCCC[C@@H]3C)C2)n[nH]1. The second-order valence-electron chi connectivity index (χ2n) is 7.66. The van der Waals surface area contributed by atoms with Crippen molar-refractivity contribution in [3.8, 4) is 11.5 Å². The minimum atomic E-state index is -0.0132. The minimum Gasteiger partial charge on any atom is -0.493 e. The van der Waals surface area contributed by atoms with Gasteiger partial charge in [-0.25, -0.2) is 0 Å². The Bertz CT molecular complexity index is 815. The van der Waals surface area contributed by atoms with Gasteiger partial charge in [0.1, 0.15) is 6.61 Å². The third-order valence-electron chi connectivity index (χ3n) is 5.78. The van der Waals surface area contributed by atoms with Gasteiger partial charge < -0.3 is 14.4 Å². The molecular weight excluding hydrogens is 356 g/mol. The topological polar surface area (TPSA) is 70.7 Å². The van der Waals surface area contributed by atoms with E-state index in [2.05, 4.69) is 22.0 Å². The molecule has 1 atom stereocenters. The number of carbonyl (C=O) groups excluding carboxylic acids is 1. The Morgan fingerprint density at radius 3 is 2.79 bits per heavy atom. The van der Waals surface area contributed by atoms with Crippen LogP contribution in [0.4, 0.5) is 0 Å². The molecule has 1 aromatic carbocycles. The maximum atomic E-state index is 12.7. The average Bonchev–Trinajstić information content (AvgIpc) is 3.16. The number of nitrogens with zero attached hydrogens (tertiary/aromatic N) is 3. The summed E-state index contributed by atoms with van der Waals surface area (Å²) >= 11 is 0. The lowest BCUT2D eigenvalue weighted by atomic mass is 9.97. The van der Waals surface area contributed by atoms with Crippen molar-refractivity contribution < 1.29 is 14.3 Å². The van der Waals surface area contributed by atoms with Gasteiger partial charge in [0.15, 0.2) is 17.2 Å². The number of H-pyrrole nitrogens is 1. The number of aromatic nitrogens is 2. The van der Waals surface area contributed by atoms with Crippen LogP contribution < -0.4 is 9.47 Å². The molecule has 0 radical (unpaired) electrons. The third-order valence-corrected chi connectivity index (χ3v) is 5.78. The van der Waals surface area contributed by atoms with Gasteiger partial charge in [0.25, 0.3) is 5.91 Å². The number of piperidine rings is 1. The minimum absolute atomic E-state index is 0.0132. The number of aromatic amines is 1. The molecule has 1 amide bonds. The number of ether oxygens (including phenoxy) is 2. The van der Waals surface area contributed by atoms with E-state index in [0.29, 0.717) is 35.9 Å². The van der Waals surface area contributed by atoms with Crippen LogP contribution >= 0.6 is 0 Å². The Labute approximate surface area is 165 Å². The monoisotopic (exact) mass is 384 g/mol. The summed E-state index contributed by atoms with van der Waals surface area (Å²) in [5, 5.41) is 7.09. The fraction of sp³-hybridized carbons (Fsp3) is 0.524. The Hall–Kier alpha value is -2.54. The van der Waals surface area contributed by atoms with E-state index in [4.69, 9.17) is 9.47 Å². The summed E-state index contributed by atoms with van der Waals surface area (Å²) in [5.74, 6) is 1.33. The first-order chi connectivity index (χ1) is 13.7. The summed E-state index contributed by atoms with van der Waals surface area (Å²) in [6.07, 6.45) is 3.85. The summed E-state index contributed by atoms with van der Waals surface area (Å²) in [4.78, 5) is 17.1. The van der Waals surface area contributed by atoms with Crippen molar-refractivity contribution in [3.63, 3.8) is 0 Å². The second kappa shape index (κ2) is 8.22. The summed E-state index contributed by atoms with van der Waals surface area (Å²) in [7, 11) is 1.61. The van der Waals surface area contributed by atoms with Gasteiger partial charge >= 0.3 is 0 Å². The molecule has 3 heterocycles. The lowest BCUT2D eigenvalue weighted by Crippen LogP contribution is -2.63. The van der Waals surface area contributed by atoms with Crippen molar-refractivity contribution in [2.24, 2.45) is 0 Å². The number of hydrogen-bond acceptors (Lipinski definition) is 5. The molecule has 2 saturated heterocycles. The predicted molar refractivity (Wildman–Crippen MR) is 106 cm³/mol. The van der Waals surface area contributed by atoms with Gasteiger partial charge in [-0.15, -0.1) is 0 Å². The van der Waals surface area contributed by atoms with Crippen LogP contribution in [0.3, 0.4) is 0 Å². The Balaban J connectivity index is 1.30. The van der Waals surface area contributed by atoms with E-state index in [1.807, 2.05) is 29.2 Å². The number of rotatable bonds is 6.